The van der Waals surface area contributed by atoms with Gasteiger partial charge in [-0.3, -0.25) is 0 Å². The zero-order chi connectivity index (χ0) is 24.4. The van der Waals surface area contributed by atoms with Gasteiger partial charge in [0.05, 0.1) is 22.3 Å². The predicted molar refractivity (Wildman–Crippen MR) is 129 cm³/mol. The lowest BCUT2D eigenvalue weighted by Gasteiger charge is -2.35. The maximum absolute atomic E-state index is 13.1. The second kappa shape index (κ2) is 7.88. The Bertz CT molecular complexity index is 1310. The van der Waals surface area contributed by atoms with E-state index in [1.165, 1.54) is 18.2 Å². The summed E-state index contributed by atoms with van der Waals surface area (Å²) < 4.78 is 7.47. The number of carbonyl (C=O) groups excluding carboxylic acids is 1. The van der Waals surface area contributed by atoms with Crippen LogP contribution in [-0.4, -0.2) is 27.3 Å². The van der Waals surface area contributed by atoms with Gasteiger partial charge in [-0.05, 0) is 74.2 Å². The Morgan fingerprint density at radius 2 is 1.36 bits per heavy atom. The topological polar surface area (TPSA) is 104 Å². The summed E-state index contributed by atoms with van der Waals surface area (Å²) in [6.45, 7) is 7.21. The summed E-state index contributed by atoms with van der Waals surface area (Å²) in [5.41, 5.74) is 1.96. The maximum atomic E-state index is 13.1. The van der Waals surface area contributed by atoms with Gasteiger partial charge in [0.15, 0.2) is 5.60 Å². The molecule has 0 radical (unpaired) electrons. The van der Waals surface area contributed by atoms with Crippen LogP contribution in [0.2, 0.25) is 0 Å². The average molecular weight is 576 g/mol. The van der Waals surface area contributed by atoms with Gasteiger partial charge >= 0.3 is 11.9 Å². The number of carboxylic acid groups (broad SMARTS) is 1. The van der Waals surface area contributed by atoms with Crippen LogP contribution in [0.15, 0.2) is 39.3 Å². The second-order valence-electron chi connectivity index (χ2n) is 8.19. The number of carbonyl (C=O) groups is 2. The van der Waals surface area contributed by atoms with E-state index in [-0.39, 0.29) is 33.8 Å². The van der Waals surface area contributed by atoms with Crippen LogP contribution in [-0.2, 0) is 10.3 Å². The summed E-state index contributed by atoms with van der Waals surface area (Å²) in [4.78, 5) is 24.7. The minimum atomic E-state index is -1.71. The Kier molecular flexibility index (Phi) is 5.57. The van der Waals surface area contributed by atoms with Crippen LogP contribution in [0.25, 0.3) is 0 Å². The number of benzene rings is 3. The molecule has 33 heavy (non-hydrogen) atoms. The molecule has 1 aliphatic rings. The highest BCUT2D eigenvalue weighted by Crippen LogP contribution is 2.56. The molecule has 0 unspecified atom stereocenters. The lowest BCUT2D eigenvalue weighted by atomic mass is 9.75. The number of fused-ring (bicyclic) bond motifs is 1. The Morgan fingerprint density at radius 1 is 0.879 bits per heavy atom. The number of hydrogen-bond donors (Lipinski definition) is 3. The molecule has 6 nitrogen and oxygen atoms in total. The number of carboxylic acids is 1. The SMILES string of the molecule is Cc1cc(O)c(C2(c3c(O)cc(C)c(Br)c3C)OC(=O)c3cc(C(=O)O)ccc32)c(C)c1Br. The van der Waals surface area contributed by atoms with Crippen molar-refractivity contribution in [2.45, 2.75) is 33.3 Å². The first-order chi connectivity index (χ1) is 15.4. The van der Waals surface area contributed by atoms with E-state index in [1.807, 2.05) is 13.8 Å². The molecule has 3 N–H and O–H groups in total. The number of aryl methyl sites for hydroxylation is 2. The molecule has 0 saturated carbocycles. The Hall–Kier alpha value is -2.84. The molecule has 0 spiro atoms. The first-order valence-corrected chi connectivity index (χ1v) is 11.6. The molecule has 4 rings (SSSR count). The highest BCUT2D eigenvalue weighted by molar-refractivity contribution is 9.10. The van der Waals surface area contributed by atoms with Crippen LogP contribution in [0, 0.1) is 27.7 Å². The summed E-state index contributed by atoms with van der Waals surface area (Å²) in [6, 6.07) is 7.25. The van der Waals surface area contributed by atoms with Gasteiger partial charge in [0.25, 0.3) is 0 Å². The van der Waals surface area contributed by atoms with Crippen LogP contribution in [0.3, 0.4) is 0 Å². The van der Waals surface area contributed by atoms with E-state index in [1.54, 1.807) is 26.0 Å². The van der Waals surface area contributed by atoms with Crippen molar-refractivity contribution in [3.05, 3.63) is 89.3 Å². The van der Waals surface area contributed by atoms with E-state index in [4.69, 9.17) is 4.74 Å². The number of ether oxygens (including phenoxy) is 1. The fraction of sp³-hybridized carbons (Fsp3) is 0.200. The van der Waals surface area contributed by atoms with E-state index in [9.17, 15) is 24.9 Å². The van der Waals surface area contributed by atoms with Crippen molar-refractivity contribution in [1.82, 2.24) is 0 Å². The lowest BCUT2D eigenvalue weighted by molar-refractivity contribution is 0.0235. The van der Waals surface area contributed by atoms with Gasteiger partial charge in [-0.2, -0.15) is 0 Å². The minimum Gasteiger partial charge on any atom is -0.507 e. The quantitative estimate of drug-likeness (QED) is 0.330. The molecule has 1 aliphatic heterocycles. The first kappa shape index (κ1) is 23.3. The highest BCUT2D eigenvalue weighted by Gasteiger charge is 2.53. The molecule has 0 aromatic heterocycles. The number of esters is 1. The number of cyclic esters (lactones) is 1. The third kappa shape index (κ3) is 3.27. The van der Waals surface area contributed by atoms with Crippen molar-refractivity contribution in [3.8, 4) is 11.5 Å². The van der Waals surface area contributed by atoms with Gasteiger partial charge in [0.2, 0.25) is 0 Å². The normalized spacial score (nSPS) is 14.2. The van der Waals surface area contributed by atoms with Crippen LogP contribution in [0.4, 0.5) is 0 Å². The molecule has 0 saturated heterocycles. The minimum absolute atomic E-state index is 0.0564. The summed E-state index contributed by atoms with van der Waals surface area (Å²) in [5.74, 6) is -2.17. The van der Waals surface area contributed by atoms with Crippen molar-refractivity contribution >= 4 is 43.8 Å². The zero-order valence-electron chi connectivity index (χ0n) is 18.2. The smallest absolute Gasteiger partial charge is 0.340 e. The standard InChI is InChI=1S/C25H20Br2O6/c1-10-7-17(28)19(12(3)21(10)26)25(20-13(4)22(27)11(2)8-18(20)29)16-6-5-14(23(30)31)9-15(16)24(32)33-25/h5-9,28-29H,1-4H3,(H,30,31). The van der Waals surface area contributed by atoms with Crippen molar-refractivity contribution in [3.63, 3.8) is 0 Å². The fourth-order valence-electron chi connectivity index (χ4n) is 4.66. The first-order valence-electron chi connectivity index (χ1n) is 10.0. The largest absolute Gasteiger partial charge is 0.507 e. The van der Waals surface area contributed by atoms with Gasteiger partial charge in [0, 0.05) is 14.5 Å². The lowest BCUT2D eigenvalue weighted by Crippen LogP contribution is -2.32. The van der Waals surface area contributed by atoms with E-state index < -0.39 is 17.5 Å². The molecule has 8 heteroatoms. The number of rotatable bonds is 3. The Morgan fingerprint density at radius 3 is 1.82 bits per heavy atom. The van der Waals surface area contributed by atoms with E-state index in [0.717, 1.165) is 11.1 Å². The summed E-state index contributed by atoms with van der Waals surface area (Å²) >= 11 is 7.11. The predicted octanol–water partition coefficient (Wildman–Crippen LogP) is 6.02. The van der Waals surface area contributed by atoms with Crippen LogP contribution < -0.4 is 0 Å². The highest BCUT2D eigenvalue weighted by atomic mass is 79.9. The van der Waals surface area contributed by atoms with Crippen LogP contribution in [0.5, 0.6) is 11.5 Å². The van der Waals surface area contributed by atoms with Crippen molar-refractivity contribution < 1.29 is 29.6 Å². The van der Waals surface area contributed by atoms with Gasteiger partial charge in [-0.15, -0.1) is 0 Å². The number of aromatic hydroxyl groups is 2. The van der Waals surface area contributed by atoms with Crippen molar-refractivity contribution in [2.24, 2.45) is 0 Å². The van der Waals surface area contributed by atoms with Crippen LogP contribution >= 0.6 is 31.9 Å². The van der Waals surface area contributed by atoms with Gasteiger partial charge in [0.1, 0.15) is 11.5 Å². The number of hydrogen-bond acceptors (Lipinski definition) is 5. The number of halogens is 2. The molecule has 0 bridgehead atoms. The Balaban J connectivity index is 2.23. The van der Waals surface area contributed by atoms with E-state index in [2.05, 4.69) is 31.9 Å². The number of phenols is 2. The van der Waals surface area contributed by atoms with Crippen molar-refractivity contribution in [2.75, 3.05) is 0 Å². The molecular weight excluding hydrogens is 556 g/mol. The van der Waals surface area contributed by atoms with Crippen molar-refractivity contribution in [1.29, 1.82) is 0 Å². The fourth-order valence-corrected chi connectivity index (χ4v) is 5.29. The van der Waals surface area contributed by atoms with E-state index in [0.29, 0.717) is 25.6 Å². The summed E-state index contributed by atoms with van der Waals surface area (Å²) in [6.07, 6.45) is 0. The molecule has 0 atom stereocenters. The molecule has 1 heterocycles. The third-order valence-electron chi connectivity index (χ3n) is 6.14. The molecule has 0 fully saturated rings. The molecule has 0 amide bonds. The summed E-state index contributed by atoms with van der Waals surface area (Å²) in [7, 11) is 0. The Labute approximate surface area is 207 Å². The maximum Gasteiger partial charge on any atom is 0.340 e. The number of phenolic OH excluding ortho intramolecular Hbond substituents is 2. The molecule has 3 aromatic rings. The summed E-state index contributed by atoms with van der Waals surface area (Å²) in [5, 5.41) is 31.7. The van der Waals surface area contributed by atoms with Gasteiger partial charge < -0.3 is 20.1 Å². The van der Waals surface area contributed by atoms with Crippen LogP contribution in [0.1, 0.15) is 59.7 Å². The average Bonchev–Trinajstić information content (AvgIpc) is 3.02. The van der Waals surface area contributed by atoms with Gasteiger partial charge in [-0.25, -0.2) is 9.59 Å². The molecule has 170 valence electrons. The van der Waals surface area contributed by atoms with Gasteiger partial charge in [-0.1, -0.05) is 37.9 Å². The zero-order valence-corrected chi connectivity index (χ0v) is 21.4. The number of aromatic carboxylic acids is 1. The molecule has 3 aromatic carbocycles. The second-order valence-corrected chi connectivity index (χ2v) is 9.78. The van der Waals surface area contributed by atoms with E-state index >= 15 is 0 Å². The molecule has 0 aliphatic carbocycles. The third-order valence-corrected chi connectivity index (χ3v) is 8.58. The molecular formula is C25H20Br2O6. The monoisotopic (exact) mass is 574 g/mol.